The summed E-state index contributed by atoms with van der Waals surface area (Å²) in [6.07, 6.45) is 4.61. The average molecular weight is 486 g/mol. The van der Waals surface area contributed by atoms with Gasteiger partial charge in [0, 0.05) is 35.9 Å². The first kappa shape index (κ1) is 23.8. The number of nitrogens with zero attached hydrogens (tertiary/aromatic N) is 2. The van der Waals surface area contributed by atoms with Gasteiger partial charge in [0.1, 0.15) is 23.3 Å². The molecular formula is C29H28FN3O3. The van der Waals surface area contributed by atoms with Crippen molar-refractivity contribution in [3.05, 3.63) is 90.0 Å². The van der Waals surface area contributed by atoms with E-state index in [1.165, 1.54) is 12.1 Å². The first-order chi connectivity index (χ1) is 17.6. The minimum Gasteiger partial charge on any atom is -0.496 e. The van der Waals surface area contributed by atoms with Crippen molar-refractivity contribution in [2.75, 3.05) is 26.8 Å². The Morgan fingerprint density at radius 1 is 1.14 bits per heavy atom. The Balaban J connectivity index is 1.45. The number of H-pyrrole nitrogens is 1. The van der Waals surface area contributed by atoms with Crippen LogP contribution >= 0.6 is 0 Å². The maximum atomic E-state index is 14.1. The molecule has 1 aliphatic heterocycles. The number of aromatic nitrogens is 2. The molecule has 0 saturated heterocycles. The maximum Gasteiger partial charge on any atom is 0.328 e. The molecule has 1 unspecified atom stereocenters. The van der Waals surface area contributed by atoms with E-state index >= 15 is 0 Å². The highest BCUT2D eigenvalue weighted by molar-refractivity contribution is 5.96. The second-order valence-corrected chi connectivity index (χ2v) is 8.69. The highest BCUT2D eigenvalue weighted by Gasteiger charge is 2.30. The molecule has 184 valence electrons. The summed E-state index contributed by atoms with van der Waals surface area (Å²) in [4.78, 5) is 22.9. The number of hydrogen-bond donors (Lipinski definition) is 1. The number of fused-ring (bicyclic) bond motifs is 1. The molecule has 1 atom stereocenters. The quantitative estimate of drug-likeness (QED) is 0.337. The van der Waals surface area contributed by atoms with Crippen LogP contribution in [0.25, 0.3) is 27.7 Å². The minimum absolute atomic E-state index is 0.232. The lowest BCUT2D eigenvalue weighted by molar-refractivity contribution is -0.149. The minimum atomic E-state index is -0.444. The molecular weight excluding hydrogens is 457 g/mol. The molecule has 0 amide bonds. The summed E-state index contributed by atoms with van der Waals surface area (Å²) in [6, 6.07) is 17.7. The zero-order valence-electron chi connectivity index (χ0n) is 20.3. The van der Waals surface area contributed by atoms with Gasteiger partial charge < -0.3 is 14.5 Å². The summed E-state index contributed by atoms with van der Waals surface area (Å²) in [7, 11) is 1.58. The van der Waals surface area contributed by atoms with Gasteiger partial charge in [0.15, 0.2) is 0 Å². The molecule has 0 spiro atoms. The zero-order valence-corrected chi connectivity index (χ0v) is 20.3. The molecule has 1 aliphatic rings. The Bertz CT molecular complexity index is 1410. The first-order valence-corrected chi connectivity index (χ1v) is 12.1. The SMILES string of the molecule is CCOC(=O)C(c1ccccc1)N1CC=C(c2cc3c(-c4cc(F)ccc4OC)ccnc3[nH]2)CC1. The number of esters is 1. The number of rotatable bonds is 7. The fourth-order valence-electron chi connectivity index (χ4n) is 4.84. The van der Waals surface area contributed by atoms with Gasteiger partial charge in [0.25, 0.3) is 0 Å². The maximum absolute atomic E-state index is 14.1. The molecule has 2 aromatic heterocycles. The molecule has 3 heterocycles. The van der Waals surface area contributed by atoms with Gasteiger partial charge in [-0.25, -0.2) is 14.2 Å². The molecule has 5 rings (SSSR count). The number of ether oxygens (including phenoxy) is 2. The van der Waals surface area contributed by atoms with Crippen LogP contribution in [-0.2, 0) is 9.53 Å². The molecule has 0 saturated carbocycles. The summed E-state index contributed by atoms with van der Waals surface area (Å²) in [5.74, 6) is 0.0466. The van der Waals surface area contributed by atoms with Crippen LogP contribution in [0.2, 0.25) is 0 Å². The van der Waals surface area contributed by atoms with Crippen molar-refractivity contribution in [3.63, 3.8) is 0 Å². The number of pyridine rings is 1. The monoisotopic (exact) mass is 485 g/mol. The van der Waals surface area contributed by atoms with Crippen molar-refractivity contribution < 1.29 is 18.7 Å². The van der Waals surface area contributed by atoms with Crippen molar-refractivity contribution in [2.45, 2.75) is 19.4 Å². The van der Waals surface area contributed by atoms with E-state index in [-0.39, 0.29) is 11.8 Å². The lowest BCUT2D eigenvalue weighted by Crippen LogP contribution is -2.38. The van der Waals surface area contributed by atoms with Gasteiger partial charge in [-0.2, -0.15) is 0 Å². The Hall–Kier alpha value is -3.97. The van der Waals surface area contributed by atoms with Crippen molar-refractivity contribution in [1.82, 2.24) is 14.9 Å². The molecule has 6 nitrogen and oxygen atoms in total. The van der Waals surface area contributed by atoms with Gasteiger partial charge in [0.2, 0.25) is 0 Å². The van der Waals surface area contributed by atoms with Crippen LogP contribution < -0.4 is 4.74 Å². The standard InChI is InChI=1S/C29H28FN3O3/c1-3-36-29(34)27(20-7-5-4-6-8-20)33-15-12-19(13-16-33)25-18-24-22(11-14-31-28(24)32-25)23-17-21(30)9-10-26(23)35-2/h4-12,14,17-18,27H,3,13,15-16H2,1-2H3,(H,31,32). The van der Waals surface area contributed by atoms with E-state index in [1.54, 1.807) is 19.4 Å². The predicted molar refractivity (Wildman–Crippen MR) is 138 cm³/mol. The molecule has 0 fully saturated rings. The lowest BCUT2D eigenvalue weighted by Gasteiger charge is -2.32. The molecule has 0 aliphatic carbocycles. The summed E-state index contributed by atoms with van der Waals surface area (Å²) in [5.41, 5.74) is 5.30. The lowest BCUT2D eigenvalue weighted by atomic mass is 9.99. The van der Waals surface area contributed by atoms with Crippen LogP contribution in [0.3, 0.4) is 0 Å². The Labute approximate surface area is 209 Å². The third kappa shape index (κ3) is 4.62. The van der Waals surface area contributed by atoms with Gasteiger partial charge in [-0.15, -0.1) is 0 Å². The second-order valence-electron chi connectivity index (χ2n) is 8.69. The third-order valence-electron chi connectivity index (χ3n) is 6.56. The third-order valence-corrected chi connectivity index (χ3v) is 6.56. The number of methoxy groups -OCH3 is 1. The molecule has 1 N–H and O–H groups in total. The van der Waals surface area contributed by atoms with E-state index in [4.69, 9.17) is 9.47 Å². The van der Waals surface area contributed by atoms with E-state index in [9.17, 15) is 9.18 Å². The number of halogens is 1. The summed E-state index contributed by atoms with van der Waals surface area (Å²) < 4.78 is 24.9. The number of hydrogen-bond acceptors (Lipinski definition) is 5. The van der Waals surface area contributed by atoms with Crippen LogP contribution in [-0.4, -0.2) is 47.6 Å². The van der Waals surface area contributed by atoms with Crippen LogP contribution in [0, 0.1) is 5.82 Å². The normalized spacial score (nSPS) is 14.9. The fourth-order valence-corrected chi connectivity index (χ4v) is 4.84. The highest BCUT2D eigenvalue weighted by atomic mass is 19.1. The summed E-state index contributed by atoms with van der Waals surface area (Å²) in [6.45, 7) is 3.49. The van der Waals surface area contributed by atoms with Crippen LogP contribution in [0.1, 0.15) is 30.6 Å². The zero-order chi connectivity index (χ0) is 25.1. The van der Waals surface area contributed by atoms with E-state index < -0.39 is 6.04 Å². The van der Waals surface area contributed by atoms with E-state index in [2.05, 4.69) is 27.0 Å². The number of benzene rings is 2. The fraction of sp³-hybridized carbons (Fsp3) is 0.241. The topological polar surface area (TPSA) is 67.4 Å². The van der Waals surface area contributed by atoms with Crippen LogP contribution in [0.5, 0.6) is 5.75 Å². The average Bonchev–Trinajstić information content (AvgIpc) is 3.35. The van der Waals surface area contributed by atoms with E-state index in [1.807, 2.05) is 43.3 Å². The molecule has 0 bridgehead atoms. The van der Waals surface area contributed by atoms with Crippen molar-refractivity contribution in [1.29, 1.82) is 0 Å². The van der Waals surface area contributed by atoms with E-state index in [0.29, 0.717) is 31.0 Å². The van der Waals surface area contributed by atoms with Gasteiger partial charge >= 0.3 is 5.97 Å². The second kappa shape index (κ2) is 10.3. The number of carbonyl (C=O) groups is 1. The predicted octanol–water partition coefficient (Wildman–Crippen LogP) is 5.77. The Morgan fingerprint density at radius 2 is 1.97 bits per heavy atom. The molecule has 36 heavy (non-hydrogen) atoms. The smallest absolute Gasteiger partial charge is 0.328 e. The van der Waals surface area contributed by atoms with Crippen LogP contribution in [0.15, 0.2) is 72.9 Å². The number of aromatic amines is 1. The van der Waals surface area contributed by atoms with Gasteiger partial charge in [-0.3, -0.25) is 4.90 Å². The van der Waals surface area contributed by atoms with Crippen LogP contribution in [0.4, 0.5) is 4.39 Å². The van der Waals surface area contributed by atoms with E-state index in [0.717, 1.165) is 39.8 Å². The van der Waals surface area contributed by atoms with Crippen molar-refractivity contribution >= 4 is 22.6 Å². The Morgan fingerprint density at radius 3 is 2.69 bits per heavy atom. The highest BCUT2D eigenvalue weighted by Crippen LogP contribution is 2.37. The van der Waals surface area contributed by atoms with Gasteiger partial charge in [-0.1, -0.05) is 36.4 Å². The summed E-state index contributed by atoms with van der Waals surface area (Å²) >= 11 is 0. The Kier molecular flexibility index (Phi) is 6.82. The van der Waals surface area contributed by atoms with Gasteiger partial charge in [-0.05, 0) is 60.4 Å². The molecule has 4 aromatic rings. The molecule has 7 heteroatoms. The molecule has 2 aromatic carbocycles. The first-order valence-electron chi connectivity index (χ1n) is 12.1. The van der Waals surface area contributed by atoms with Crippen molar-refractivity contribution in [3.8, 4) is 16.9 Å². The number of carbonyl (C=O) groups excluding carboxylic acids is 1. The number of nitrogens with one attached hydrogen (secondary N) is 1. The van der Waals surface area contributed by atoms with Crippen molar-refractivity contribution in [2.24, 2.45) is 0 Å². The summed E-state index contributed by atoms with van der Waals surface area (Å²) in [5, 5.41) is 0.897. The van der Waals surface area contributed by atoms with Gasteiger partial charge in [0.05, 0.1) is 13.7 Å². The molecule has 0 radical (unpaired) electrons. The largest absolute Gasteiger partial charge is 0.496 e.